The molecule has 1 aromatic heterocycles. The summed E-state index contributed by atoms with van der Waals surface area (Å²) < 4.78 is 30.0. The van der Waals surface area contributed by atoms with Crippen LogP contribution in [0.3, 0.4) is 0 Å². The van der Waals surface area contributed by atoms with Crippen LogP contribution in [0.15, 0.2) is 61.0 Å². The highest BCUT2D eigenvalue weighted by Crippen LogP contribution is 2.21. The molecule has 0 aliphatic heterocycles. The molecule has 6 nitrogen and oxygen atoms in total. The van der Waals surface area contributed by atoms with Gasteiger partial charge in [-0.3, -0.25) is 0 Å². The third kappa shape index (κ3) is 3.71. The molecule has 134 valence electrons. The van der Waals surface area contributed by atoms with Gasteiger partial charge in [0.2, 0.25) is 0 Å². The number of benzene rings is 2. The van der Waals surface area contributed by atoms with Crippen molar-refractivity contribution in [3.63, 3.8) is 0 Å². The lowest BCUT2D eigenvalue weighted by Gasteiger charge is -2.04. The van der Waals surface area contributed by atoms with E-state index in [1.54, 1.807) is 31.2 Å². The van der Waals surface area contributed by atoms with E-state index in [2.05, 4.69) is 20.9 Å². The first-order chi connectivity index (χ1) is 12.3. The van der Waals surface area contributed by atoms with Crippen LogP contribution < -0.4 is 5.63 Å². The minimum Gasteiger partial charge on any atom is -0.507 e. The van der Waals surface area contributed by atoms with Gasteiger partial charge >= 0.3 is 5.63 Å². The molecule has 0 aliphatic carbocycles. The van der Waals surface area contributed by atoms with E-state index in [0.717, 1.165) is 4.47 Å². The molecule has 0 spiro atoms. The summed E-state index contributed by atoms with van der Waals surface area (Å²) in [6, 6.07) is 11.0. The van der Waals surface area contributed by atoms with Gasteiger partial charge in [-0.05, 0) is 30.3 Å². The first-order valence-corrected chi connectivity index (χ1v) is 10.1. The van der Waals surface area contributed by atoms with Crippen molar-refractivity contribution in [2.24, 2.45) is 0 Å². The number of halogens is 1. The maximum atomic E-state index is 12.1. The standard InChI is InChI=1S/C18H14BrNO5S/c1-2-26(23,24)13-6-7-17-14(9-13)20-15(18(22)25-17)10-16(21)11-4-3-5-12(19)8-11/h3-10,21H,2H2,1H3/b16-10-. The fourth-order valence-corrected chi connectivity index (χ4v) is 3.61. The molecule has 0 unspecified atom stereocenters. The van der Waals surface area contributed by atoms with E-state index in [0.29, 0.717) is 5.56 Å². The van der Waals surface area contributed by atoms with Gasteiger partial charge in [0.05, 0.1) is 10.6 Å². The van der Waals surface area contributed by atoms with Crippen molar-refractivity contribution in [2.75, 3.05) is 5.75 Å². The van der Waals surface area contributed by atoms with E-state index in [9.17, 15) is 18.3 Å². The summed E-state index contributed by atoms with van der Waals surface area (Å²) in [4.78, 5) is 16.3. The van der Waals surface area contributed by atoms with Crippen molar-refractivity contribution in [1.82, 2.24) is 4.98 Å². The number of aliphatic hydroxyl groups is 1. The number of hydrogen-bond acceptors (Lipinski definition) is 6. The lowest BCUT2D eigenvalue weighted by atomic mass is 10.1. The van der Waals surface area contributed by atoms with Crippen LogP contribution in [0.2, 0.25) is 0 Å². The van der Waals surface area contributed by atoms with Gasteiger partial charge in [0.25, 0.3) is 0 Å². The average molecular weight is 436 g/mol. The summed E-state index contributed by atoms with van der Waals surface area (Å²) in [7, 11) is -3.41. The molecule has 0 bridgehead atoms. The number of sulfone groups is 1. The number of rotatable bonds is 4. The molecular weight excluding hydrogens is 422 g/mol. The Labute approximate surface area is 157 Å². The Morgan fingerprint density at radius 3 is 2.73 bits per heavy atom. The van der Waals surface area contributed by atoms with Crippen molar-refractivity contribution in [3.05, 3.63) is 68.6 Å². The number of nitrogens with zero attached hydrogens (tertiary/aromatic N) is 1. The van der Waals surface area contributed by atoms with Crippen molar-refractivity contribution in [3.8, 4) is 0 Å². The molecule has 0 amide bonds. The molecule has 0 radical (unpaired) electrons. The molecule has 2 aromatic carbocycles. The summed E-state index contributed by atoms with van der Waals surface area (Å²) in [5.74, 6) is -0.214. The normalized spacial score (nSPS) is 12.5. The zero-order valence-electron chi connectivity index (χ0n) is 13.6. The highest BCUT2D eigenvalue weighted by atomic mass is 79.9. The average Bonchev–Trinajstić information content (AvgIpc) is 2.61. The van der Waals surface area contributed by atoms with Gasteiger partial charge in [-0.1, -0.05) is 35.0 Å². The van der Waals surface area contributed by atoms with Gasteiger partial charge < -0.3 is 9.52 Å². The molecule has 0 saturated carbocycles. The predicted octanol–water partition coefficient (Wildman–Crippen LogP) is 3.80. The van der Waals surface area contributed by atoms with Crippen LogP contribution >= 0.6 is 15.9 Å². The van der Waals surface area contributed by atoms with Gasteiger partial charge in [-0.15, -0.1) is 0 Å². The number of aliphatic hydroxyl groups excluding tert-OH is 1. The predicted molar refractivity (Wildman–Crippen MR) is 103 cm³/mol. The van der Waals surface area contributed by atoms with Gasteiger partial charge in [0.1, 0.15) is 11.3 Å². The second-order valence-corrected chi connectivity index (χ2v) is 8.65. The van der Waals surface area contributed by atoms with Crippen LogP contribution in [0, 0.1) is 0 Å². The smallest absolute Gasteiger partial charge is 0.362 e. The molecule has 0 saturated heterocycles. The molecule has 3 rings (SSSR count). The van der Waals surface area contributed by atoms with Gasteiger partial charge in [0.15, 0.2) is 21.1 Å². The number of aromatic nitrogens is 1. The Bertz CT molecular complexity index is 1180. The molecule has 1 heterocycles. The van der Waals surface area contributed by atoms with E-state index < -0.39 is 15.5 Å². The number of fused-ring (bicyclic) bond motifs is 1. The lowest BCUT2D eigenvalue weighted by molar-refractivity contribution is 0.514. The molecule has 26 heavy (non-hydrogen) atoms. The van der Waals surface area contributed by atoms with Crippen molar-refractivity contribution in [1.29, 1.82) is 0 Å². The van der Waals surface area contributed by atoms with E-state index in [1.165, 1.54) is 24.3 Å². The highest BCUT2D eigenvalue weighted by Gasteiger charge is 2.14. The van der Waals surface area contributed by atoms with E-state index in [1.807, 2.05) is 0 Å². The summed E-state index contributed by atoms with van der Waals surface area (Å²) in [6.07, 6.45) is 1.19. The second kappa shape index (κ2) is 7.05. The minimum atomic E-state index is -3.41. The Morgan fingerprint density at radius 1 is 1.27 bits per heavy atom. The molecule has 0 aliphatic rings. The monoisotopic (exact) mass is 435 g/mol. The van der Waals surface area contributed by atoms with Crippen LogP contribution in [0.1, 0.15) is 18.2 Å². The first kappa shape index (κ1) is 18.3. The molecule has 3 aromatic rings. The van der Waals surface area contributed by atoms with Gasteiger partial charge in [-0.2, -0.15) is 0 Å². The van der Waals surface area contributed by atoms with Crippen molar-refractivity contribution in [2.45, 2.75) is 11.8 Å². The Hall–Kier alpha value is -2.45. The van der Waals surface area contributed by atoms with Crippen LogP contribution in [0.25, 0.3) is 22.9 Å². The van der Waals surface area contributed by atoms with Crippen LogP contribution in [0.5, 0.6) is 0 Å². The Morgan fingerprint density at radius 2 is 2.04 bits per heavy atom. The van der Waals surface area contributed by atoms with Gasteiger partial charge in [0, 0.05) is 16.1 Å². The van der Waals surface area contributed by atoms with Crippen LogP contribution in [0.4, 0.5) is 0 Å². The molecular formula is C18H14BrNO5S. The molecule has 8 heteroatoms. The summed E-state index contributed by atoms with van der Waals surface area (Å²) in [5, 5.41) is 10.2. The van der Waals surface area contributed by atoms with Crippen LogP contribution in [-0.2, 0) is 9.84 Å². The molecule has 0 fully saturated rings. The zero-order valence-corrected chi connectivity index (χ0v) is 16.0. The number of hydrogen-bond donors (Lipinski definition) is 1. The van der Waals surface area contributed by atoms with E-state index in [4.69, 9.17) is 4.42 Å². The summed E-state index contributed by atoms with van der Waals surface area (Å²) in [6.45, 7) is 1.54. The zero-order chi connectivity index (χ0) is 18.9. The SMILES string of the molecule is CCS(=O)(=O)c1ccc2oc(=O)c(/C=C(\O)c3cccc(Br)c3)nc2c1. The van der Waals surface area contributed by atoms with E-state index >= 15 is 0 Å². The molecule has 0 atom stereocenters. The fourth-order valence-electron chi connectivity index (χ4n) is 2.31. The second-order valence-electron chi connectivity index (χ2n) is 5.46. The maximum Gasteiger partial charge on any atom is 0.362 e. The van der Waals surface area contributed by atoms with E-state index in [-0.39, 0.29) is 33.2 Å². The lowest BCUT2D eigenvalue weighted by Crippen LogP contribution is -2.08. The largest absolute Gasteiger partial charge is 0.507 e. The summed E-state index contributed by atoms with van der Waals surface area (Å²) in [5.41, 5.74) is 0.0192. The molecule has 1 N–H and O–H groups in total. The maximum absolute atomic E-state index is 12.1. The van der Waals surface area contributed by atoms with Crippen molar-refractivity contribution < 1.29 is 17.9 Å². The topological polar surface area (TPSA) is 97.5 Å². The summed E-state index contributed by atoms with van der Waals surface area (Å²) >= 11 is 3.31. The first-order valence-electron chi connectivity index (χ1n) is 7.64. The fraction of sp³-hybridized carbons (Fsp3) is 0.111. The third-order valence-electron chi connectivity index (χ3n) is 3.72. The minimum absolute atomic E-state index is 0.0499. The van der Waals surface area contributed by atoms with Gasteiger partial charge in [-0.25, -0.2) is 18.2 Å². The van der Waals surface area contributed by atoms with Crippen LogP contribution in [-0.4, -0.2) is 24.3 Å². The highest BCUT2D eigenvalue weighted by molar-refractivity contribution is 9.10. The Kier molecular flexibility index (Phi) is 4.97. The quantitative estimate of drug-likeness (QED) is 0.625. The van der Waals surface area contributed by atoms with Crippen molar-refractivity contribution >= 4 is 48.7 Å². The Balaban J connectivity index is 2.13. The third-order valence-corrected chi connectivity index (χ3v) is 5.94.